The minimum Gasteiger partial charge on any atom is -0.484 e. The molecule has 2 aromatic rings. The van der Waals surface area contributed by atoms with Crippen molar-refractivity contribution in [2.75, 3.05) is 6.61 Å². The summed E-state index contributed by atoms with van der Waals surface area (Å²) in [5.41, 5.74) is 0.783. The van der Waals surface area contributed by atoms with E-state index in [9.17, 15) is 9.59 Å². The van der Waals surface area contributed by atoms with Gasteiger partial charge in [-0.05, 0) is 55.7 Å². The largest absolute Gasteiger partial charge is 0.484 e. The van der Waals surface area contributed by atoms with Crippen molar-refractivity contribution in [2.24, 2.45) is 0 Å². The highest BCUT2D eigenvalue weighted by atomic mass is 79.9. The molecule has 0 saturated carbocycles. The zero-order valence-corrected chi connectivity index (χ0v) is 19.9. The summed E-state index contributed by atoms with van der Waals surface area (Å²) >= 11 is 9.70. The van der Waals surface area contributed by atoms with Crippen LogP contribution in [-0.4, -0.2) is 35.4 Å². The second-order valence-electron chi connectivity index (χ2n) is 7.10. The number of carbonyl (C=O) groups is 2. The van der Waals surface area contributed by atoms with E-state index in [-0.39, 0.29) is 31.0 Å². The van der Waals surface area contributed by atoms with Crippen molar-refractivity contribution < 1.29 is 14.3 Å². The Balaban J connectivity index is 2.21. The van der Waals surface area contributed by atoms with Crippen molar-refractivity contribution in [1.29, 1.82) is 0 Å². The first-order valence-electron chi connectivity index (χ1n) is 10.1. The van der Waals surface area contributed by atoms with Crippen molar-refractivity contribution in [3.63, 3.8) is 0 Å². The molecule has 5 nitrogen and oxygen atoms in total. The summed E-state index contributed by atoms with van der Waals surface area (Å²) < 4.78 is 6.60. The Labute approximate surface area is 191 Å². The number of benzene rings is 2. The number of amides is 2. The number of hydrogen-bond acceptors (Lipinski definition) is 3. The van der Waals surface area contributed by atoms with Crippen LogP contribution in [0.2, 0.25) is 5.02 Å². The van der Waals surface area contributed by atoms with Crippen LogP contribution in [0.15, 0.2) is 53.0 Å². The fourth-order valence-corrected chi connectivity index (χ4v) is 3.39. The molecule has 0 aliphatic rings. The predicted molar refractivity (Wildman–Crippen MR) is 124 cm³/mol. The van der Waals surface area contributed by atoms with E-state index in [1.807, 2.05) is 51.1 Å². The Morgan fingerprint density at radius 3 is 2.37 bits per heavy atom. The smallest absolute Gasteiger partial charge is 0.261 e. The first-order valence-corrected chi connectivity index (χ1v) is 11.2. The van der Waals surface area contributed by atoms with Gasteiger partial charge in [0.15, 0.2) is 6.61 Å². The van der Waals surface area contributed by atoms with Crippen molar-refractivity contribution in [2.45, 2.75) is 52.2 Å². The van der Waals surface area contributed by atoms with Gasteiger partial charge in [0.2, 0.25) is 5.91 Å². The van der Waals surface area contributed by atoms with Crippen molar-refractivity contribution in [1.82, 2.24) is 10.2 Å². The SMILES string of the molecule is CC[C@@H](C)NC(=O)[C@@H](CC)N(Cc1ccccc1Cl)C(=O)COc1ccc(Br)cc1. The highest BCUT2D eigenvalue weighted by Crippen LogP contribution is 2.21. The number of rotatable bonds is 10. The second kappa shape index (κ2) is 12.0. The molecule has 0 fully saturated rings. The Kier molecular flexibility index (Phi) is 9.66. The highest BCUT2D eigenvalue weighted by molar-refractivity contribution is 9.10. The van der Waals surface area contributed by atoms with Crippen LogP contribution in [0.4, 0.5) is 0 Å². The van der Waals surface area contributed by atoms with E-state index in [1.54, 1.807) is 23.1 Å². The molecule has 30 heavy (non-hydrogen) atoms. The van der Waals surface area contributed by atoms with Crippen LogP contribution in [0.1, 0.15) is 39.2 Å². The van der Waals surface area contributed by atoms with E-state index < -0.39 is 6.04 Å². The van der Waals surface area contributed by atoms with Gasteiger partial charge in [-0.15, -0.1) is 0 Å². The number of carbonyl (C=O) groups excluding carboxylic acids is 2. The molecule has 162 valence electrons. The number of halogens is 2. The van der Waals surface area contributed by atoms with Gasteiger partial charge < -0.3 is 15.0 Å². The van der Waals surface area contributed by atoms with Gasteiger partial charge in [0, 0.05) is 22.1 Å². The van der Waals surface area contributed by atoms with Gasteiger partial charge in [0.05, 0.1) is 0 Å². The lowest BCUT2D eigenvalue weighted by Gasteiger charge is -2.31. The third-order valence-corrected chi connectivity index (χ3v) is 5.76. The van der Waals surface area contributed by atoms with Gasteiger partial charge in [0.1, 0.15) is 11.8 Å². The molecule has 0 heterocycles. The van der Waals surface area contributed by atoms with E-state index in [0.29, 0.717) is 17.2 Å². The quantitative estimate of drug-likeness (QED) is 0.493. The van der Waals surface area contributed by atoms with Gasteiger partial charge >= 0.3 is 0 Å². The van der Waals surface area contributed by atoms with E-state index in [1.165, 1.54) is 0 Å². The van der Waals surface area contributed by atoms with Crippen LogP contribution in [0.25, 0.3) is 0 Å². The van der Waals surface area contributed by atoms with Crippen LogP contribution in [0.5, 0.6) is 5.75 Å². The average Bonchev–Trinajstić information content (AvgIpc) is 2.74. The first-order chi connectivity index (χ1) is 14.3. The molecule has 0 aliphatic carbocycles. The molecule has 0 bridgehead atoms. The first kappa shape index (κ1) is 24.2. The number of nitrogens with one attached hydrogen (secondary N) is 1. The van der Waals surface area contributed by atoms with Gasteiger partial charge in [-0.25, -0.2) is 0 Å². The minimum absolute atomic E-state index is 0.0304. The molecule has 7 heteroatoms. The molecule has 0 aliphatic heterocycles. The highest BCUT2D eigenvalue weighted by Gasteiger charge is 2.29. The van der Waals surface area contributed by atoms with Gasteiger partial charge in [-0.3, -0.25) is 9.59 Å². The molecule has 2 rings (SSSR count). The fourth-order valence-electron chi connectivity index (χ4n) is 2.93. The number of ether oxygens (including phenoxy) is 1. The van der Waals surface area contributed by atoms with Gasteiger partial charge in [-0.2, -0.15) is 0 Å². The van der Waals surface area contributed by atoms with E-state index in [0.717, 1.165) is 16.5 Å². The van der Waals surface area contributed by atoms with Crippen LogP contribution in [0, 0.1) is 0 Å². The topological polar surface area (TPSA) is 58.6 Å². The Hall–Kier alpha value is -2.05. The Bertz CT molecular complexity index is 845. The normalized spacial score (nSPS) is 12.7. The minimum atomic E-state index is -0.615. The summed E-state index contributed by atoms with van der Waals surface area (Å²) in [7, 11) is 0. The van der Waals surface area contributed by atoms with Gasteiger partial charge in [0.25, 0.3) is 5.91 Å². The summed E-state index contributed by atoms with van der Waals surface area (Å²) in [6.45, 7) is 5.91. The lowest BCUT2D eigenvalue weighted by molar-refractivity contribution is -0.143. The van der Waals surface area contributed by atoms with Crippen LogP contribution in [0.3, 0.4) is 0 Å². The Morgan fingerprint density at radius 1 is 1.10 bits per heavy atom. The standard InChI is InChI=1S/C23H28BrClN2O3/c1-4-16(3)26-23(29)21(5-2)27(14-17-8-6-7-9-20(17)25)22(28)15-30-19-12-10-18(24)11-13-19/h6-13,16,21H,4-5,14-15H2,1-3H3,(H,26,29)/t16-,21-/m1/s1. The molecule has 2 atom stereocenters. The molecule has 0 unspecified atom stereocenters. The molecule has 0 aromatic heterocycles. The predicted octanol–water partition coefficient (Wildman–Crippen LogP) is 5.20. The van der Waals surface area contributed by atoms with Crippen LogP contribution >= 0.6 is 27.5 Å². The molecule has 1 N–H and O–H groups in total. The van der Waals surface area contributed by atoms with Crippen molar-refractivity contribution in [3.05, 3.63) is 63.6 Å². The fraction of sp³-hybridized carbons (Fsp3) is 0.391. The number of hydrogen-bond donors (Lipinski definition) is 1. The Morgan fingerprint density at radius 2 is 1.77 bits per heavy atom. The summed E-state index contributed by atoms with van der Waals surface area (Å²) in [5.74, 6) is 0.140. The molecule has 0 spiro atoms. The van der Waals surface area contributed by atoms with Crippen LogP contribution in [-0.2, 0) is 16.1 Å². The van der Waals surface area contributed by atoms with Gasteiger partial charge in [-0.1, -0.05) is 59.6 Å². The third-order valence-electron chi connectivity index (χ3n) is 4.86. The lowest BCUT2D eigenvalue weighted by atomic mass is 10.1. The lowest BCUT2D eigenvalue weighted by Crippen LogP contribution is -2.51. The van der Waals surface area contributed by atoms with E-state index in [4.69, 9.17) is 16.3 Å². The summed E-state index contributed by atoms with van der Waals surface area (Å²) in [6, 6.07) is 14.0. The number of nitrogens with zero attached hydrogens (tertiary/aromatic N) is 1. The monoisotopic (exact) mass is 494 g/mol. The van der Waals surface area contributed by atoms with Crippen molar-refractivity contribution in [3.8, 4) is 5.75 Å². The van der Waals surface area contributed by atoms with Crippen LogP contribution < -0.4 is 10.1 Å². The summed E-state index contributed by atoms with van der Waals surface area (Å²) in [4.78, 5) is 27.6. The zero-order valence-electron chi connectivity index (χ0n) is 17.5. The van der Waals surface area contributed by atoms with Crippen molar-refractivity contribution >= 4 is 39.3 Å². The molecular formula is C23H28BrClN2O3. The molecular weight excluding hydrogens is 468 g/mol. The zero-order chi connectivity index (χ0) is 22.1. The molecule has 0 radical (unpaired) electrons. The summed E-state index contributed by atoms with van der Waals surface area (Å²) in [5, 5.41) is 3.54. The maximum absolute atomic E-state index is 13.1. The average molecular weight is 496 g/mol. The third kappa shape index (κ3) is 7.03. The maximum atomic E-state index is 13.1. The maximum Gasteiger partial charge on any atom is 0.261 e. The van der Waals surface area contributed by atoms with E-state index in [2.05, 4.69) is 21.2 Å². The molecule has 2 aromatic carbocycles. The van der Waals surface area contributed by atoms with E-state index >= 15 is 0 Å². The molecule has 0 saturated heterocycles. The second-order valence-corrected chi connectivity index (χ2v) is 8.42. The summed E-state index contributed by atoms with van der Waals surface area (Å²) in [6.07, 6.45) is 1.30. The molecule has 2 amide bonds.